The lowest BCUT2D eigenvalue weighted by Gasteiger charge is -2.00. The van der Waals surface area contributed by atoms with Crippen LogP contribution in [0.5, 0.6) is 0 Å². The maximum absolute atomic E-state index is 11.5. The first-order chi connectivity index (χ1) is 8.88. The fourth-order valence-electron chi connectivity index (χ4n) is 0.957. The standard InChI is InChI=1S/C9H15N7O2S/c1-4(2)6-15-16-9(18-6)13-5(17)3-19-8(12)14-7(10)11/h4H,3H2,1-2H3,(H,13,16,17)(H5,10,11,12,14). The number of anilines is 1. The zero-order valence-corrected chi connectivity index (χ0v) is 11.3. The van der Waals surface area contributed by atoms with Gasteiger partial charge in [0.25, 0.3) is 0 Å². The van der Waals surface area contributed by atoms with Crippen LogP contribution in [0.2, 0.25) is 0 Å². The van der Waals surface area contributed by atoms with E-state index in [1.807, 2.05) is 13.8 Å². The number of thioether (sulfide) groups is 1. The number of carbonyl (C=O) groups is 1. The fraction of sp³-hybridized carbons (Fsp3) is 0.444. The van der Waals surface area contributed by atoms with Gasteiger partial charge in [0.2, 0.25) is 11.8 Å². The minimum absolute atomic E-state index is 0.0303. The van der Waals surface area contributed by atoms with E-state index in [1.165, 1.54) is 0 Å². The molecule has 1 aromatic heterocycles. The van der Waals surface area contributed by atoms with E-state index in [4.69, 9.17) is 21.3 Å². The Morgan fingerprint density at radius 1 is 1.53 bits per heavy atom. The number of nitrogens with one attached hydrogen (secondary N) is 2. The average Bonchev–Trinajstić information content (AvgIpc) is 2.74. The number of aromatic nitrogens is 2. The van der Waals surface area contributed by atoms with Crippen molar-refractivity contribution in [1.29, 1.82) is 5.41 Å². The minimum Gasteiger partial charge on any atom is -0.408 e. The topological polar surface area (TPSA) is 156 Å². The highest BCUT2D eigenvalue weighted by molar-refractivity contribution is 8.14. The molecule has 0 spiro atoms. The number of amidine groups is 1. The molecule has 0 radical (unpaired) electrons. The van der Waals surface area contributed by atoms with Crippen molar-refractivity contribution in [3.05, 3.63) is 5.89 Å². The highest BCUT2D eigenvalue weighted by Crippen LogP contribution is 2.15. The number of nitrogens with zero attached hydrogens (tertiary/aromatic N) is 3. The van der Waals surface area contributed by atoms with Crippen LogP contribution in [0.15, 0.2) is 9.41 Å². The molecule has 0 aliphatic carbocycles. The van der Waals surface area contributed by atoms with E-state index < -0.39 is 0 Å². The van der Waals surface area contributed by atoms with Crippen LogP contribution in [-0.2, 0) is 4.79 Å². The summed E-state index contributed by atoms with van der Waals surface area (Å²) in [7, 11) is 0. The Labute approximate surface area is 113 Å². The third-order valence-electron chi connectivity index (χ3n) is 1.75. The van der Waals surface area contributed by atoms with Gasteiger partial charge in [-0.15, -0.1) is 5.10 Å². The molecule has 0 aliphatic rings. The van der Waals surface area contributed by atoms with Gasteiger partial charge in [0.1, 0.15) is 0 Å². The maximum atomic E-state index is 11.5. The minimum atomic E-state index is -0.389. The van der Waals surface area contributed by atoms with Gasteiger partial charge < -0.3 is 15.9 Å². The second-order valence-electron chi connectivity index (χ2n) is 3.78. The van der Waals surface area contributed by atoms with Gasteiger partial charge in [-0.05, 0) is 0 Å². The van der Waals surface area contributed by atoms with Crippen LogP contribution in [-0.4, -0.2) is 33.0 Å². The summed E-state index contributed by atoms with van der Waals surface area (Å²) in [5.74, 6) is -0.121. The van der Waals surface area contributed by atoms with E-state index in [1.54, 1.807) is 0 Å². The van der Waals surface area contributed by atoms with Gasteiger partial charge in [0.05, 0.1) is 5.75 Å². The second kappa shape index (κ2) is 6.73. The van der Waals surface area contributed by atoms with E-state index in [2.05, 4.69) is 20.5 Å². The fourth-order valence-corrected chi connectivity index (χ4v) is 1.47. The van der Waals surface area contributed by atoms with Crippen molar-refractivity contribution in [2.24, 2.45) is 16.5 Å². The zero-order valence-electron chi connectivity index (χ0n) is 10.5. The van der Waals surface area contributed by atoms with Crippen molar-refractivity contribution in [2.75, 3.05) is 11.1 Å². The van der Waals surface area contributed by atoms with Crippen LogP contribution in [0.25, 0.3) is 0 Å². The van der Waals surface area contributed by atoms with Gasteiger partial charge in [-0.2, -0.15) is 4.99 Å². The first kappa shape index (κ1) is 15.0. The number of hydrogen-bond acceptors (Lipinski definition) is 6. The molecular formula is C9H15N7O2S. The molecule has 9 nitrogen and oxygen atoms in total. The maximum Gasteiger partial charge on any atom is 0.322 e. The molecule has 0 saturated heterocycles. The molecule has 1 rings (SSSR count). The summed E-state index contributed by atoms with van der Waals surface area (Å²) in [6.07, 6.45) is 0. The number of aliphatic imine (C=N–C) groups is 1. The summed E-state index contributed by atoms with van der Waals surface area (Å²) in [5, 5.41) is 17.0. The Balaban J connectivity index is 2.43. The quantitative estimate of drug-likeness (QED) is 0.450. The molecular weight excluding hydrogens is 270 g/mol. The lowest BCUT2D eigenvalue weighted by atomic mass is 10.2. The van der Waals surface area contributed by atoms with Crippen LogP contribution in [0.4, 0.5) is 6.01 Å². The Bertz CT molecular complexity index is 493. The van der Waals surface area contributed by atoms with Crippen molar-refractivity contribution in [3.63, 3.8) is 0 Å². The molecule has 1 aromatic rings. The molecule has 0 saturated carbocycles. The van der Waals surface area contributed by atoms with Crippen LogP contribution in [0, 0.1) is 5.41 Å². The molecule has 0 fully saturated rings. The summed E-state index contributed by atoms with van der Waals surface area (Å²) >= 11 is 0.879. The lowest BCUT2D eigenvalue weighted by molar-refractivity contribution is -0.113. The van der Waals surface area contributed by atoms with E-state index in [-0.39, 0.29) is 34.7 Å². The molecule has 0 aliphatic heterocycles. The number of carbonyl (C=O) groups excluding carboxylic acids is 1. The van der Waals surface area contributed by atoms with Crippen molar-refractivity contribution in [2.45, 2.75) is 19.8 Å². The van der Waals surface area contributed by atoms with Crippen LogP contribution in [0.3, 0.4) is 0 Å². The number of nitrogens with two attached hydrogens (primary N) is 2. The number of hydrogen-bond donors (Lipinski definition) is 4. The lowest BCUT2D eigenvalue weighted by Crippen LogP contribution is -2.24. The predicted molar refractivity (Wildman–Crippen MR) is 73.0 cm³/mol. The van der Waals surface area contributed by atoms with Crippen molar-refractivity contribution < 1.29 is 9.21 Å². The van der Waals surface area contributed by atoms with E-state index in [9.17, 15) is 4.79 Å². The van der Waals surface area contributed by atoms with Gasteiger partial charge in [-0.3, -0.25) is 15.5 Å². The molecule has 10 heteroatoms. The van der Waals surface area contributed by atoms with Crippen LogP contribution < -0.4 is 16.8 Å². The van der Waals surface area contributed by atoms with Gasteiger partial charge in [-0.25, -0.2) is 0 Å². The molecule has 19 heavy (non-hydrogen) atoms. The SMILES string of the molecule is CC(C)c1nnc(NC(=O)CSC(=N)N=C(N)N)o1. The molecule has 0 atom stereocenters. The first-order valence-corrected chi connectivity index (χ1v) is 6.31. The largest absolute Gasteiger partial charge is 0.408 e. The van der Waals surface area contributed by atoms with Gasteiger partial charge in [-0.1, -0.05) is 30.7 Å². The summed E-state index contributed by atoms with van der Waals surface area (Å²) < 4.78 is 5.20. The number of rotatable bonds is 4. The summed E-state index contributed by atoms with van der Waals surface area (Å²) in [5.41, 5.74) is 10.2. The van der Waals surface area contributed by atoms with Crippen LogP contribution in [0.1, 0.15) is 25.7 Å². The van der Waals surface area contributed by atoms with E-state index in [0.29, 0.717) is 5.89 Å². The normalized spacial score (nSPS) is 10.3. The summed E-state index contributed by atoms with van der Waals surface area (Å²) in [6.45, 7) is 3.79. The molecule has 0 aromatic carbocycles. The average molecular weight is 285 g/mol. The summed E-state index contributed by atoms with van der Waals surface area (Å²) in [4.78, 5) is 15.0. The third-order valence-corrected chi connectivity index (χ3v) is 2.52. The van der Waals surface area contributed by atoms with Crippen molar-refractivity contribution >= 4 is 34.8 Å². The molecule has 1 amide bonds. The highest BCUT2D eigenvalue weighted by atomic mass is 32.2. The van der Waals surface area contributed by atoms with Crippen molar-refractivity contribution in [3.8, 4) is 0 Å². The third kappa shape index (κ3) is 5.38. The number of amides is 1. The molecule has 0 unspecified atom stereocenters. The predicted octanol–water partition coefficient (Wildman–Crippen LogP) is 0.0729. The molecule has 104 valence electrons. The van der Waals surface area contributed by atoms with Gasteiger partial charge in [0, 0.05) is 5.92 Å². The van der Waals surface area contributed by atoms with Crippen LogP contribution >= 0.6 is 11.8 Å². The molecule has 0 bridgehead atoms. The smallest absolute Gasteiger partial charge is 0.322 e. The Morgan fingerprint density at radius 2 is 2.21 bits per heavy atom. The Kier molecular flexibility index (Phi) is 5.30. The van der Waals surface area contributed by atoms with Crippen molar-refractivity contribution in [1.82, 2.24) is 10.2 Å². The summed E-state index contributed by atoms with van der Waals surface area (Å²) in [6, 6.07) is 0.0303. The Morgan fingerprint density at radius 3 is 2.74 bits per heavy atom. The highest BCUT2D eigenvalue weighted by Gasteiger charge is 2.12. The second-order valence-corrected chi connectivity index (χ2v) is 4.74. The van der Waals surface area contributed by atoms with E-state index in [0.717, 1.165) is 11.8 Å². The monoisotopic (exact) mass is 285 g/mol. The Hall–Kier alpha value is -2.10. The zero-order chi connectivity index (χ0) is 14.4. The first-order valence-electron chi connectivity index (χ1n) is 5.32. The van der Waals surface area contributed by atoms with Gasteiger partial charge >= 0.3 is 6.01 Å². The molecule has 6 N–H and O–H groups in total. The molecule has 1 heterocycles. The van der Waals surface area contributed by atoms with E-state index >= 15 is 0 Å². The van der Waals surface area contributed by atoms with Gasteiger partial charge in [0.15, 0.2) is 11.1 Å². The number of guanidine groups is 1.